The van der Waals surface area contributed by atoms with Gasteiger partial charge in [0.15, 0.2) is 0 Å². The molecular formula is C31H62N2O11S2. The van der Waals surface area contributed by atoms with Gasteiger partial charge < -0.3 is 14.9 Å². The summed E-state index contributed by atoms with van der Waals surface area (Å²) < 4.78 is 70.3. The summed E-state index contributed by atoms with van der Waals surface area (Å²) in [4.78, 5) is 27.9. The van der Waals surface area contributed by atoms with Crippen LogP contribution in [-0.4, -0.2) is 98.2 Å². The first-order valence-corrected chi connectivity index (χ1v) is 20.0. The molecule has 0 atom stereocenters. The molecule has 0 aliphatic carbocycles. The quantitative estimate of drug-likeness (QED) is 0.0594. The highest BCUT2D eigenvalue weighted by molar-refractivity contribution is 7.81. The first kappa shape index (κ1) is 44.6. The van der Waals surface area contributed by atoms with Crippen molar-refractivity contribution in [1.82, 2.24) is 9.80 Å². The molecule has 15 heteroatoms. The lowest BCUT2D eigenvalue weighted by Crippen LogP contribution is -2.47. The molecule has 0 bridgehead atoms. The molecule has 0 aromatic carbocycles. The van der Waals surface area contributed by atoms with Gasteiger partial charge in [0.1, 0.15) is 13.2 Å². The molecule has 0 aliphatic heterocycles. The number of hydrogen-bond donors (Lipinski definition) is 3. The van der Waals surface area contributed by atoms with Crippen molar-refractivity contribution in [2.24, 2.45) is 0 Å². The van der Waals surface area contributed by atoms with Crippen molar-refractivity contribution >= 4 is 32.6 Å². The van der Waals surface area contributed by atoms with Gasteiger partial charge in [0.25, 0.3) is 0 Å². The van der Waals surface area contributed by atoms with Crippen LogP contribution in [0.25, 0.3) is 0 Å². The van der Waals surface area contributed by atoms with E-state index in [1.165, 1.54) is 74.0 Å². The van der Waals surface area contributed by atoms with Gasteiger partial charge in [0, 0.05) is 26.2 Å². The molecule has 0 saturated heterocycles. The van der Waals surface area contributed by atoms with Crippen molar-refractivity contribution in [1.29, 1.82) is 0 Å². The average molecular weight is 703 g/mol. The molecule has 274 valence electrons. The molecule has 0 fully saturated rings. The molecule has 46 heavy (non-hydrogen) atoms. The van der Waals surface area contributed by atoms with Gasteiger partial charge in [0.2, 0.25) is 11.8 Å². The Morgan fingerprint density at radius 2 is 0.783 bits per heavy atom. The molecule has 0 saturated carbocycles. The molecule has 0 rings (SSSR count). The Labute approximate surface area is 278 Å². The van der Waals surface area contributed by atoms with E-state index in [-0.39, 0.29) is 26.2 Å². The predicted molar refractivity (Wildman–Crippen MR) is 178 cm³/mol. The largest absolute Gasteiger partial charge is 0.397 e. The molecule has 13 nitrogen and oxygen atoms in total. The van der Waals surface area contributed by atoms with Gasteiger partial charge in [-0.3, -0.25) is 18.7 Å². The number of hydrogen-bond acceptors (Lipinski definition) is 9. The number of amides is 2. The van der Waals surface area contributed by atoms with E-state index in [1.54, 1.807) is 0 Å². The number of unbranched alkanes of at least 4 members (excludes halogenated alkanes) is 18. The van der Waals surface area contributed by atoms with E-state index in [0.29, 0.717) is 12.8 Å². The van der Waals surface area contributed by atoms with Crippen LogP contribution in [0, 0.1) is 0 Å². The van der Waals surface area contributed by atoms with Crippen LogP contribution >= 0.6 is 0 Å². The van der Waals surface area contributed by atoms with Gasteiger partial charge in [-0.1, -0.05) is 129 Å². The van der Waals surface area contributed by atoms with Gasteiger partial charge in [-0.25, -0.2) is 8.37 Å². The van der Waals surface area contributed by atoms with E-state index < -0.39 is 51.9 Å². The zero-order chi connectivity index (χ0) is 34.7. The summed E-state index contributed by atoms with van der Waals surface area (Å²) in [5.41, 5.74) is 0. The lowest BCUT2D eigenvalue weighted by Gasteiger charge is -2.29. The van der Waals surface area contributed by atoms with Crippen molar-refractivity contribution in [2.45, 2.75) is 148 Å². The molecule has 0 aliphatic rings. The first-order chi connectivity index (χ1) is 21.8. The van der Waals surface area contributed by atoms with E-state index in [4.69, 9.17) is 9.11 Å². The highest BCUT2D eigenvalue weighted by Gasteiger charge is 2.24. The maximum absolute atomic E-state index is 12.7. The molecule has 2 amide bonds. The van der Waals surface area contributed by atoms with Crippen molar-refractivity contribution in [3.05, 3.63) is 0 Å². The third kappa shape index (κ3) is 28.8. The fraction of sp³-hybridized carbons (Fsp3) is 0.935. The highest BCUT2D eigenvalue weighted by atomic mass is 32.3. The third-order valence-corrected chi connectivity index (χ3v) is 8.62. The zero-order valence-corrected chi connectivity index (χ0v) is 29.9. The second kappa shape index (κ2) is 27.6. The smallest absolute Gasteiger partial charge is 0.389 e. The van der Waals surface area contributed by atoms with Crippen molar-refractivity contribution in [2.75, 3.05) is 39.4 Å². The first-order valence-electron chi connectivity index (χ1n) is 17.3. The summed E-state index contributed by atoms with van der Waals surface area (Å²) in [6, 6.07) is 0. The van der Waals surface area contributed by atoms with E-state index in [0.717, 1.165) is 51.4 Å². The Bertz CT molecular complexity index is 916. The van der Waals surface area contributed by atoms with E-state index in [9.17, 15) is 31.5 Å². The number of rotatable bonds is 32. The molecule has 0 unspecified atom stereocenters. The average Bonchev–Trinajstić information content (AvgIpc) is 2.98. The molecule has 0 heterocycles. The normalized spacial score (nSPS) is 12.1. The number of carbonyl (C=O) groups is 2. The van der Waals surface area contributed by atoms with Gasteiger partial charge in [0.05, 0.1) is 6.10 Å². The van der Waals surface area contributed by atoms with E-state index in [1.807, 2.05) is 0 Å². The van der Waals surface area contributed by atoms with Gasteiger partial charge in [-0.2, -0.15) is 16.8 Å². The predicted octanol–water partition coefficient (Wildman–Crippen LogP) is 5.49. The minimum absolute atomic E-state index is 0.208. The standard InChI is InChI=1S/C31H62N2O11S2/c1-3-5-7-9-11-13-15-17-19-21-23-32(30(35)27-43-45(37,38)39)25-29(34)26-33(31(36)28-44-46(40,41)42)24-22-20-18-16-14-12-10-8-6-4-2/h29,34H,3-28H2,1-2H3,(H,37,38,39)(H,40,41,42). The van der Waals surface area contributed by atoms with Gasteiger partial charge in [-0.05, 0) is 12.8 Å². The summed E-state index contributed by atoms with van der Waals surface area (Å²) in [6.45, 7) is 2.41. The van der Waals surface area contributed by atoms with Crippen LogP contribution in [0.2, 0.25) is 0 Å². The maximum atomic E-state index is 12.7. The highest BCUT2D eigenvalue weighted by Crippen LogP contribution is 2.13. The SMILES string of the molecule is CCCCCCCCCCCCN(CC(O)CN(CCCCCCCCCCCC)C(=O)COS(=O)(=O)O)C(=O)COS(=O)(=O)O. The molecule has 0 aromatic heterocycles. The summed E-state index contributed by atoms with van der Waals surface area (Å²) >= 11 is 0. The molecule has 0 radical (unpaired) electrons. The number of nitrogens with zero attached hydrogens (tertiary/aromatic N) is 2. The summed E-state index contributed by atoms with van der Waals surface area (Å²) in [7, 11) is -9.69. The second-order valence-electron chi connectivity index (χ2n) is 12.1. The Morgan fingerprint density at radius 3 is 1.04 bits per heavy atom. The summed E-state index contributed by atoms with van der Waals surface area (Å²) in [5, 5.41) is 10.9. The van der Waals surface area contributed by atoms with Crippen LogP contribution in [0.3, 0.4) is 0 Å². The van der Waals surface area contributed by atoms with Crippen molar-refractivity contribution in [3.63, 3.8) is 0 Å². The Balaban J connectivity index is 5.03. The number of aliphatic hydroxyl groups excluding tert-OH is 1. The van der Waals surface area contributed by atoms with Gasteiger partial charge in [-0.15, -0.1) is 0 Å². The second-order valence-corrected chi connectivity index (χ2v) is 14.3. The fourth-order valence-electron chi connectivity index (χ4n) is 5.21. The Hall–Kier alpha value is -1.36. The van der Waals surface area contributed by atoms with E-state index >= 15 is 0 Å². The number of aliphatic hydroxyl groups is 1. The summed E-state index contributed by atoms with van der Waals surface area (Å²) in [5.74, 6) is -1.51. The van der Waals surface area contributed by atoms with Crippen LogP contribution < -0.4 is 0 Å². The minimum atomic E-state index is -4.84. The molecular weight excluding hydrogens is 640 g/mol. The third-order valence-electron chi connectivity index (χ3n) is 7.79. The van der Waals surface area contributed by atoms with Crippen LogP contribution in [0.5, 0.6) is 0 Å². The Morgan fingerprint density at radius 1 is 0.522 bits per heavy atom. The molecule has 0 spiro atoms. The lowest BCUT2D eigenvalue weighted by molar-refractivity contribution is -0.137. The molecule has 0 aromatic rings. The zero-order valence-electron chi connectivity index (χ0n) is 28.3. The minimum Gasteiger partial charge on any atom is -0.389 e. The fourth-order valence-corrected chi connectivity index (χ4v) is 5.71. The van der Waals surface area contributed by atoms with Crippen LogP contribution in [-0.2, 0) is 38.8 Å². The summed E-state index contributed by atoms with van der Waals surface area (Å²) in [6.07, 6.45) is 20.2. The van der Waals surface area contributed by atoms with Crippen LogP contribution in [0.15, 0.2) is 0 Å². The topological polar surface area (TPSA) is 188 Å². The van der Waals surface area contributed by atoms with Crippen LogP contribution in [0.1, 0.15) is 142 Å². The maximum Gasteiger partial charge on any atom is 0.397 e. The lowest BCUT2D eigenvalue weighted by atomic mass is 10.1. The van der Waals surface area contributed by atoms with E-state index in [2.05, 4.69) is 22.2 Å². The number of carbonyl (C=O) groups excluding carboxylic acids is 2. The van der Waals surface area contributed by atoms with Crippen LogP contribution in [0.4, 0.5) is 0 Å². The Kier molecular flexibility index (Phi) is 26.8. The molecule has 3 N–H and O–H groups in total. The van der Waals surface area contributed by atoms with Crippen molar-refractivity contribution in [3.8, 4) is 0 Å². The van der Waals surface area contributed by atoms with Gasteiger partial charge >= 0.3 is 20.8 Å². The monoisotopic (exact) mass is 702 g/mol. The van der Waals surface area contributed by atoms with Crippen molar-refractivity contribution < 1.29 is 49.0 Å².